The number of nitrogens with zero attached hydrogens (tertiary/aromatic N) is 1. The maximum absolute atomic E-state index is 10.9. The molecule has 0 saturated carbocycles. The first-order valence-electron chi connectivity index (χ1n) is 4.88. The summed E-state index contributed by atoms with van der Waals surface area (Å²) < 4.78 is 4.85. The van der Waals surface area contributed by atoms with Gasteiger partial charge in [0.25, 0.3) is 0 Å². The summed E-state index contributed by atoms with van der Waals surface area (Å²) in [5.41, 5.74) is 6.30. The van der Waals surface area contributed by atoms with Crippen LogP contribution >= 0.6 is 0 Å². The summed E-state index contributed by atoms with van der Waals surface area (Å²) in [6, 6.07) is -0.381. The van der Waals surface area contributed by atoms with Crippen LogP contribution in [0.1, 0.15) is 48.1 Å². The Balaban J connectivity index is 2.98. The summed E-state index contributed by atoms with van der Waals surface area (Å²) >= 11 is 0. The molecule has 15 heavy (non-hydrogen) atoms. The first kappa shape index (κ1) is 11.7. The van der Waals surface area contributed by atoms with E-state index in [-0.39, 0.29) is 11.6 Å². The molecule has 0 aromatic carbocycles. The average molecular weight is 212 g/mol. The molecule has 0 aliphatic rings. The number of carbonyl (C=O) groups is 1. The quantitative estimate of drug-likeness (QED) is 0.793. The molecule has 5 nitrogen and oxygen atoms in total. The zero-order chi connectivity index (χ0) is 11.6. The fraction of sp³-hybridized carbons (Fsp3) is 0.600. The number of rotatable bonds is 4. The van der Waals surface area contributed by atoms with Gasteiger partial charge in [0.1, 0.15) is 17.0 Å². The lowest BCUT2D eigenvalue weighted by molar-refractivity contribution is 0.0693. The summed E-state index contributed by atoms with van der Waals surface area (Å²) in [5, 5.41) is 12.7. The number of carboxylic acids is 1. The predicted octanol–water partition coefficient (Wildman–Crippen LogP) is 1.73. The predicted molar refractivity (Wildman–Crippen MR) is 54.6 cm³/mol. The Hall–Kier alpha value is -1.36. The number of carboxylic acid groups (broad SMARTS) is 1. The molecule has 1 aromatic heterocycles. The lowest BCUT2D eigenvalue weighted by atomic mass is 9.99. The van der Waals surface area contributed by atoms with Crippen molar-refractivity contribution < 1.29 is 14.4 Å². The largest absolute Gasteiger partial charge is 0.477 e. The van der Waals surface area contributed by atoms with E-state index in [9.17, 15) is 4.79 Å². The molecule has 0 saturated heterocycles. The minimum Gasteiger partial charge on any atom is -0.477 e. The van der Waals surface area contributed by atoms with Crippen LogP contribution in [0.3, 0.4) is 0 Å². The van der Waals surface area contributed by atoms with Gasteiger partial charge < -0.3 is 15.4 Å². The Labute approximate surface area is 88.2 Å². The van der Waals surface area contributed by atoms with Gasteiger partial charge in [-0.05, 0) is 19.3 Å². The zero-order valence-corrected chi connectivity index (χ0v) is 9.15. The van der Waals surface area contributed by atoms with Gasteiger partial charge >= 0.3 is 5.97 Å². The molecule has 0 aliphatic carbocycles. The van der Waals surface area contributed by atoms with Crippen LogP contribution < -0.4 is 5.73 Å². The van der Waals surface area contributed by atoms with Crippen LogP contribution in [0.2, 0.25) is 0 Å². The van der Waals surface area contributed by atoms with E-state index in [0.29, 0.717) is 23.8 Å². The molecule has 1 atom stereocenters. The van der Waals surface area contributed by atoms with Crippen molar-refractivity contribution in [3.05, 3.63) is 17.0 Å². The van der Waals surface area contributed by atoms with Gasteiger partial charge in [0.2, 0.25) is 0 Å². The number of aromatic nitrogens is 1. The van der Waals surface area contributed by atoms with Crippen molar-refractivity contribution >= 4 is 5.97 Å². The molecule has 0 unspecified atom stereocenters. The monoisotopic (exact) mass is 212 g/mol. The molecule has 1 rings (SSSR count). The van der Waals surface area contributed by atoms with Crippen molar-refractivity contribution in [3.8, 4) is 0 Å². The third-order valence-electron chi connectivity index (χ3n) is 2.18. The summed E-state index contributed by atoms with van der Waals surface area (Å²) in [6.07, 6.45) is 0.687. The van der Waals surface area contributed by atoms with Crippen LogP contribution in [-0.4, -0.2) is 16.2 Å². The van der Waals surface area contributed by atoms with E-state index in [1.54, 1.807) is 6.92 Å². The fourth-order valence-electron chi connectivity index (χ4n) is 1.52. The van der Waals surface area contributed by atoms with Crippen LogP contribution in [0.25, 0.3) is 0 Å². The second kappa shape index (κ2) is 4.44. The highest BCUT2D eigenvalue weighted by Crippen LogP contribution is 2.23. The summed E-state index contributed by atoms with van der Waals surface area (Å²) in [7, 11) is 0. The van der Waals surface area contributed by atoms with Crippen LogP contribution in [0, 0.1) is 12.8 Å². The van der Waals surface area contributed by atoms with Crippen molar-refractivity contribution in [3.63, 3.8) is 0 Å². The Morgan fingerprint density at radius 2 is 2.20 bits per heavy atom. The number of nitrogens with two attached hydrogens (primary N) is 1. The van der Waals surface area contributed by atoms with Gasteiger partial charge in [-0.1, -0.05) is 19.0 Å². The molecule has 0 amide bonds. The van der Waals surface area contributed by atoms with E-state index in [0.717, 1.165) is 0 Å². The van der Waals surface area contributed by atoms with Crippen molar-refractivity contribution in [2.45, 2.75) is 33.2 Å². The van der Waals surface area contributed by atoms with Gasteiger partial charge in [-0.25, -0.2) is 4.79 Å². The third-order valence-corrected chi connectivity index (χ3v) is 2.18. The highest BCUT2D eigenvalue weighted by molar-refractivity contribution is 5.90. The minimum atomic E-state index is -1.04. The van der Waals surface area contributed by atoms with E-state index in [1.807, 2.05) is 13.8 Å². The van der Waals surface area contributed by atoms with Crippen molar-refractivity contribution in [2.24, 2.45) is 11.7 Å². The fourth-order valence-corrected chi connectivity index (χ4v) is 1.52. The number of hydrogen-bond donors (Lipinski definition) is 2. The van der Waals surface area contributed by atoms with Crippen LogP contribution in [0.4, 0.5) is 0 Å². The normalized spacial score (nSPS) is 13.1. The first-order valence-corrected chi connectivity index (χ1v) is 4.88. The van der Waals surface area contributed by atoms with Crippen LogP contribution in [0.15, 0.2) is 4.52 Å². The average Bonchev–Trinajstić information content (AvgIpc) is 2.45. The topological polar surface area (TPSA) is 89.4 Å². The number of hydrogen-bond acceptors (Lipinski definition) is 4. The number of aryl methyl sites for hydroxylation is 1. The Morgan fingerprint density at radius 1 is 1.60 bits per heavy atom. The summed E-state index contributed by atoms with van der Waals surface area (Å²) in [4.78, 5) is 10.9. The van der Waals surface area contributed by atoms with Crippen molar-refractivity contribution in [1.82, 2.24) is 5.16 Å². The molecule has 1 heterocycles. The highest BCUT2D eigenvalue weighted by atomic mass is 16.5. The first-order chi connectivity index (χ1) is 6.93. The lowest BCUT2D eigenvalue weighted by Gasteiger charge is -2.11. The van der Waals surface area contributed by atoms with E-state index >= 15 is 0 Å². The van der Waals surface area contributed by atoms with Gasteiger partial charge in [-0.2, -0.15) is 0 Å². The summed E-state index contributed by atoms with van der Waals surface area (Å²) in [5.74, 6) is -0.349. The lowest BCUT2D eigenvalue weighted by Crippen LogP contribution is -2.16. The van der Waals surface area contributed by atoms with Crippen LogP contribution in [-0.2, 0) is 0 Å². The van der Waals surface area contributed by atoms with Crippen molar-refractivity contribution in [1.29, 1.82) is 0 Å². The molecule has 0 radical (unpaired) electrons. The van der Waals surface area contributed by atoms with E-state index in [1.165, 1.54) is 0 Å². The van der Waals surface area contributed by atoms with Gasteiger partial charge in [-0.3, -0.25) is 0 Å². The number of aromatic carboxylic acids is 1. The molecule has 0 bridgehead atoms. The smallest absolute Gasteiger partial charge is 0.341 e. The summed E-state index contributed by atoms with van der Waals surface area (Å²) in [6.45, 7) is 5.61. The second-order valence-electron chi connectivity index (χ2n) is 4.04. The van der Waals surface area contributed by atoms with E-state index < -0.39 is 5.97 Å². The Morgan fingerprint density at radius 3 is 2.67 bits per heavy atom. The third kappa shape index (κ3) is 2.56. The molecule has 5 heteroatoms. The van der Waals surface area contributed by atoms with E-state index in [2.05, 4.69) is 5.16 Å². The molecule has 0 fully saturated rings. The van der Waals surface area contributed by atoms with Gasteiger partial charge in [0.05, 0.1) is 6.04 Å². The molecular formula is C10H16N2O3. The molecule has 3 N–H and O–H groups in total. The van der Waals surface area contributed by atoms with Gasteiger partial charge in [-0.15, -0.1) is 0 Å². The zero-order valence-electron chi connectivity index (χ0n) is 9.15. The molecular weight excluding hydrogens is 196 g/mol. The molecule has 0 aliphatic heterocycles. The maximum Gasteiger partial charge on any atom is 0.341 e. The highest BCUT2D eigenvalue weighted by Gasteiger charge is 2.24. The SMILES string of the molecule is Cc1onc([C@@H](N)CC(C)C)c1C(=O)O. The standard InChI is InChI=1S/C10H16N2O3/c1-5(2)4-7(11)9-8(10(13)14)6(3)15-12-9/h5,7H,4,11H2,1-3H3,(H,13,14)/t7-/m0/s1. The molecule has 84 valence electrons. The van der Waals surface area contributed by atoms with Gasteiger partial charge in [0, 0.05) is 0 Å². The Kier molecular flexibility index (Phi) is 3.47. The molecule has 1 aromatic rings. The van der Waals surface area contributed by atoms with Gasteiger partial charge in [0.15, 0.2) is 0 Å². The maximum atomic E-state index is 10.9. The van der Waals surface area contributed by atoms with Crippen LogP contribution in [0.5, 0.6) is 0 Å². The second-order valence-corrected chi connectivity index (χ2v) is 4.04. The molecule has 0 spiro atoms. The minimum absolute atomic E-state index is 0.100. The van der Waals surface area contributed by atoms with E-state index in [4.69, 9.17) is 15.4 Å². The van der Waals surface area contributed by atoms with Crippen molar-refractivity contribution in [2.75, 3.05) is 0 Å². The Bertz CT molecular complexity index is 358.